The fourth-order valence-corrected chi connectivity index (χ4v) is 2.22. The van der Waals surface area contributed by atoms with Crippen molar-refractivity contribution in [3.8, 4) is 0 Å². The van der Waals surface area contributed by atoms with E-state index >= 15 is 0 Å². The van der Waals surface area contributed by atoms with Crippen molar-refractivity contribution in [3.05, 3.63) is 67.1 Å². The van der Waals surface area contributed by atoms with E-state index in [1.54, 1.807) is 36.0 Å². The zero-order valence-electron chi connectivity index (χ0n) is 19.9. The molecule has 186 valence electrons. The molecule has 0 radical (unpaired) electrons. The predicted molar refractivity (Wildman–Crippen MR) is 128 cm³/mol. The summed E-state index contributed by atoms with van der Waals surface area (Å²) in [5.41, 5.74) is 1.44. The molecule has 0 N–H and O–H groups in total. The van der Waals surface area contributed by atoms with E-state index in [4.69, 9.17) is 12.6 Å². The summed E-state index contributed by atoms with van der Waals surface area (Å²) in [7, 11) is 1.00. The molecule has 9 heteroatoms. The van der Waals surface area contributed by atoms with Crippen molar-refractivity contribution in [3.63, 3.8) is 0 Å². The summed E-state index contributed by atoms with van der Waals surface area (Å²) in [6.07, 6.45) is 0. The molecule has 0 aliphatic rings. The Labute approximate surface area is 195 Å². The summed E-state index contributed by atoms with van der Waals surface area (Å²) in [5, 5.41) is 0. The molecule has 0 aromatic heterocycles. The van der Waals surface area contributed by atoms with Gasteiger partial charge in [0.05, 0.1) is 27.7 Å². The molecule has 0 aliphatic carbocycles. The van der Waals surface area contributed by atoms with Crippen LogP contribution in [0, 0.1) is 7.43 Å². The Morgan fingerprint density at radius 1 is 0.656 bits per heavy atom. The van der Waals surface area contributed by atoms with Gasteiger partial charge in [-0.25, -0.2) is 8.78 Å². The van der Waals surface area contributed by atoms with Gasteiger partial charge in [0, 0.05) is 4.90 Å². The number of rotatable bonds is 4. The van der Waals surface area contributed by atoms with Crippen LogP contribution in [0.4, 0.5) is 26.3 Å². The summed E-state index contributed by atoms with van der Waals surface area (Å²) in [6, 6.07) is 14.4. The largest absolute Gasteiger partial charge is 0.780 e. The van der Waals surface area contributed by atoms with Gasteiger partial charge in [0.25, 0.3) is 0 Å². The third-order valence-electron chi connectivity index (χ3n) is 2.47. The van der Waals surface area contributed by atoms with E-state index in [0.29, 0.717) is 19.9 Å². The van der Waals surface area contributed by atoms with Crippen molar-refractivity contribution < 1.29 is 26.3 Å². The van der Waals surface area contributed by atoms with Gasteiger partial charge in [-0.15, -0.1) is 11.8 Å². The molecule has 0 aliphatic heterocycles. The molecule has 2 aromatic carbocycles. The molecule has 0 bridgehead atoms. The minimum atomic E-state index is -0.407. The van der Waals surface area contributed by atoms with Crippen LogP contribution in [0.2, 0.25) is 0 Å². The molecule has 0 spiro atoms. The van der Waals surface area contributed by atoms with Crippen LogP contribution in [0.5, 0.6) is 0 Å². The Bertz CT molecular complexity index is 527. The first kappa shape index (κ1) is 43.5. The van der Waals surface area contributed by atoms with Gasteiger partial charge < -0.3 is 20.1 Å². The van der Waals surface area contributed by atoms with Crippen LogP contribution in [0.1, 0.15) is 31.9 Å². The quantitative estimate of drug-likeness (QED) is 0.132. The van der Waals surface area contributed by atoms with Gasteiger partial charge in [-0.2, -0.15) is 4.90 Å². The first-order valence-corrected chi connectivity index (χ1v) is 10.4. The smallest absolute Gasteiger partial charge is 0.115 e. The van der Waals surface area contributed by atoms with Gasteiger partial charge in [0.1, 0.15) is 13.3 Å². The Morgan fingerprint density at radius 2 is 0.938 bits per heavy atom. The summed E-state index contributed by atoms with van der Waals surface area (Å²) in [6.45, 7) is 3.75. The maximum Gasteiger partial charge on any atom is 0.115 e. The standard InChI is InChI=1S/C9H11FS.C7H7FS.2C2H5F.2CH3F.CH3.Rf/c1-2-11-9-5-3-8(7-10)4-6-9;8-5-6-1-3-7(9)4-2-6;2*1-2-3;2*1-2;;/h3-6H,2,7H2,1H3;1-4,9H,5H2;2*2H2,1H3;2*1H3;1H3;/q;;;;;;-1;/p-1. The molecule has 0 saturated heterocycles. The molecular weight excluding hydrogens is 721 g/mol. The second-order valence-corrected chi connectivity index (χ2v) is 6.33. The second kappa shape index (κ2) is 39.1. The van der Waals surface area contributed by atoms with Gasteiger partial charge >= 0.3 is 0 Å². The Kier molecular flexibility index (Phi) is 53.1. The number of hydrogen-bond acceptors (Lipinski definition) is 2. The van der Waals surface area contributed by atoms with Crippen molar-refractivity contribution in [1.29, 1.82) is 0 Å². The maximum absolute atomic E-state index is 12.0. The van der Waals surface area contributed by atoms with Crippen LogP contribution in [0.25, 0.3) is 0 Å². The van der Waals surface area contributed by atoms with E-state index in [1.165, 1.54) is 18.7 Å². The number of alkyl halides is 6. The third kappa shape index (κ3) is 32.3. The molecule has 0 amide bonds. The van der Waals surface area contributed by atoms with Gasteiger partial charge in [-0.05, 0) is 42.9 Å². The first-order chi connectivity index (χ1) is 14.5. The van der Waals surface area contributed by atoms with Crippen LogP contribution >= 0.6 is 11.8 Å². The summed E-state index contributed by atoms with van der Waals surface area (Å²) < 4.78 is 63.4. The summed E-state index contributed by atoms with van der Waals surface area (Å²) >= 11 is 6.57. The number of thioether (sulfide) groups is 1. The average molecular weight is 758 g/mol. The molecule has 32 heavy (non-hydrogen) atoms. The fourth-order valence-electron chi connectivity index (χ4n) is 1.42. The van der Waals surface area contributed by atoms with Crippen LogP contribution in [-0.4, -0.2) is 33.5 Å². The van der Waals surface area contributed by atoms with Gasteiger partial charge in [0.2, 0.25) is 0 Å². The molecule has 0 saturated carbocycles. The number of halogens is 6. The van der Waals surface area contributed by atoms with E-state index < -0.39 is 6.67 Å². The maximum atomic E-state index is 12.0. The third-order valence-corrected chi connectivity index (χ3v) is 3.63. The monoisotopic (exact) mass is 757 g/mol. The molecular formula is C23H36F6RfS2-2. The normalized spacial score (nSPS) is 7.59. The molecule has 0 atom stereocenters. The van der Waals surface area contributed by atoms with Crippen molar-refractivity contribution in [2.45, 2.75) is 43.9 Å². The number of benzene rings is 2. The zero-order valence-corrected chi connectivity index (χ0v) is 28.0. The predicted octanol–water partition coefficient (Wildman–Crippen LogP) is 8.90. The summed E-state index contributed by atoms with van der Waals surface area (Å²) in [4.78, 5) is 1.97. The average Bonchev–Trinajstić information content (AvgIpc) is 2.79. The van der Waals surface area contributed by atoms with Gasteiger partial charge in [-0.1, -0.05) is 43.3 Å². The molecule has 0 unspecified atom stereocenters. The van der Waals surface area contributed by atoms with Crippen molar-refractivity contribution >= 4 is 24.4 Å². The van der Waals surface area contributed by atoms with E-state index in [0.717, 1.165) is 16.2 Å². The second-order valence-electron chi connectivity index (χ2n) is 4.52. The van der Waals surface area contributed by atoms with Crippen LogP contribution < -0.4 is 0 Å². The van der Waals surface area contributed by atoms with Crippen molar-refractivity contribution in [2.75, 3.05) is 33.5 Å². The van der Waals surface area contributed by atoms with E-state index in [9.17, 15) is 26.3 Å². The van der Waals surface area contributed by atoms with Gasteiger partial charge in [-0.3, -0.25) is 17.6 Å². The molecule has 0 fully saturated rings. The van der Waals surface area contributed by atoms with Crippen LogP contribution in [0.3, 0.4) is 0 Å². The Balaban J connectivity index is -0.0000000728. The van der Waals surface area contributed by atoms with E-state index in [-0.39, 0.29) is 27.5 Å². The van der Waals surface area contributed by atoms with E-state index in [2.05, 4.69) is 6.92 Å². The Hall–Kier alpha value is -2.41. The topological polar surface area (TPSA) is 0 Å². The fraction of sp³-hybridized carbons (Fsp3) is 0.435. The minimum Gasteiger partial charge on any atom is -0.780 e. The zero-order chi connectivity index (χ0) is 24.2. The molecule has 2 rings (SSSR count). The SMILES string of the molecule is CCF.CCF.CCSc1ccc(CF)cc1.CF.CF.FCc1ccc([S-])cc1.[CH3-].[Rf]. The molecule has 0 heterocycles. The van der Waals surface area contributed by atoms with Crippen LogP contribution in [0.15, 0.2) is 58.3 Å². The van der Waals surface area contributed by atoms with E-state index in [1.807, 2.05) is 24.3 Å². The van der Waals surface area contributed by atoms with Gasteiger partial charge in [0.15, 0.2) is 0 Å². The van der Waals surface area contributed by atoms with Crippen molar-refractivity contribution in [2.24, 2.45) is 0 Å². The van der Waals surface area contributed by atoms with Crippen molar-refractivity contribution in [1.82, 2.24) is 0 Å². The molecule has 2 aromatic rings. The minimum absolute atomic E-state index is 0. The first-order valence-electron chi connectivity index (χ1n) is 8.99. The Morgan fingerprint density at radius 3 is 1.19 bits per heavy atom. The number of hydrogen-bond donors (Lipinski definition) is 0. The molecule has 0 nitrogen and oxygen atoms in total. The van der Waals surface area contributed by atoms with Crippen LogP contribution in [-0.2, 0) is 26.0 Å². The summed E-state index contributed by atoms with van der Waals surface area (Å²) in [5.74, 6) is 1.06.